The highest BCUT2D eigenvalue weighted by Crippen LogP contribution is 2.32. The molecule has 1 saturated heterocycles. The number of hydrogen-bond donors (Lipinski definition) is 2. The van der Waals surface area contributed by atoms with Gasteiger partial charge in [0.05, 0.1) is 12.3 Å². The number of rotatable bonds is 3. The smallest absolute Gasteiger partial charge is 0.132 e. The minimum absolute atomic E-state index is 0.0650. The maximum absolute atomic E-state index is 14.2. The zero-order valence-corrected chi connectivity index (χ0v) is 11.1. The number of phenols is 1. The fourth-order valence-corrected chi connectivity index (χ4v) is 2.65. The van der Waals surface area contributed by atoms with E-state index in [1.165, 1.54) is 6.07 Å². The SMILES string of the molecule is Oc1ccc([C@H](c2ccco2)N2CCNCC2)c(F)c1. The van der Waals surface area contributed by atoms with Crippen molar-refractivity contribution in [3.63, 3.8) is 0 Å². The van der Waals surface area contributed by atoms with Crippen molar-refractivity contribution in [3.8, 4) is 5.75 Å². The topological polar surface area (TPSA) is 48.6 Å². The first-order chi connectivity index (χ1) is 9.75. The summed E-state index contributed by atoms with van der Waals surface area (Å²) >= 11 is 0. The summed E-state index contributed by atoms with van der Waals surface area (Å²) < 4.78 is 19.7. The van der Waals surface area contributed by atoms with Gasteiger partial charge in [0.1, 0.15) is 17.3 Å². The number of benzene rings is 1. The zero-order chi connectivity index (χ0) is 13.9. The zero-order valence-electron chi connectivity index (χ0n) is 11.1. The predicted molar refractivity (Wildman–Crippen MR) is 73.1 cm³/mol. The third kappa shape index (κ3) is 2.55. The van der Waals surface area contributed by atoms with Gasteiger partial charge in [0.15, 0.2) is 0 Å². The van der Waals surface area contributed by atoms with Crippen LogP contribution >= 0.6 is 0 Å². The summed E-state index contributed by atoms with van der Waals surface area (Å²) in [5, 5.41) is 12.7. The van der Waals surface area contributed by atoms with E-state index >= 15 is 0 Å². The molecule has 20 heavy (non-hydrogen) atoms. The standard InChI is InChI=1S/C15H17FN2O2/c16-13-10-11(19)3-4-12(13)15(14-2-1-9-20-14)18-7-5-17-6-8-18/h1-4,9-10,15,17,19H,5-8H2/t15-/m1/s1. The lowest BCUT2D eigenvalue weighted by Gasteiger charge is -2.34. The number of piperazine rings is 1. The Morgan fingerprint density at radius 3 is 2.70 bits per heavy atom. The molecule has 3 rings (SSSR count). The molecule has 0 unspecified atom stereocenters. The summed E-state index contributed by atoms with van der Waals surface area (Å²) in [5.74, 6) is 0.242. The van der Waals surface area contributed by atoms with Crippen molar-refractivity contribution < 1.29 is 13.9 Å². The second-order valence-electron chi connectivity index (χ2n) is 4.91. The molecule has 2 N–H and O–H groups in total. The van der Waals surface area contributed by atoms with Gasteiger partial charge in [-0.1, -0.05) is 6.07 Å². The molecule has 1 aromatic carbocycles. The number of nitrogens with one attached hydrogen (secondary N) is 1. The molecule has 0 saturated carbocycles. The highest BCUT2D eigenvalue weighted by molar-refractivity contribution is 5.33. The van der Waals surface area contributed by atoms with E-state index in [4.69, 9.17) is 4.42 Å². The molecule has 2 aromatic rings. The molecule has 2 heterocycles. The fraction of sp³-hybridized carbons (Fsp3) is 0.333. The molecular formula is C15H17FN2O2. The molecule has 106 valence electrons. The lowest BCUT2D eigenvalue weighted by Crippen LogP contribution is -2.45. The van der Waals surface area contributed by atoms with Crippen LogP contribution in [-0.2, 0) is 0 Å². The third-order valence-electron chi connectivity index (χ3n) is 3.61. The van der Waals surface area contributed by atoms with Crippen molar-refractivity contribution >= 4 is 0 Å². The van der Waals surface area contributed by atoms with Crippen LogP contribution in [0.2, 0.25) is 0 Å². The van der Waals surface area contributed by atoms with Crippen LogP contribution in [0.1, 0.15) is 17.4 Å². The van der Waals surface area contributed by atoms with Crippen molar-refractivity contribution in [1.82, 2.24) is 10.2 Å². The van der Waals surface area contributed by atoms with E-state index in [2.05, 4.69) is 10.2 Å². The van der Waals surface area contributed by atoms with Gasteiger partial charge in [-0.25, -0.2) is 4.39 Å². The van der Waals surface area contributed by atoms with Gasteiger partial charge in [-0.15, -0.1) is 0 Å². The van der Waals surface area contributed by atoms with Gasteiger partial charge < -0.3 is 14.8 Å². The molecule has 0 radical (unpaired) electrons. The molecule has 5 heteroatoms. The number of hydrogen-bond acceptors (Lipinski definition) is 4. The van der Waals surface area contributed by atoms with Crippen molar-refractivity contribution in [2.24, 2.45) is 0 Å². The third-order valence-corrected chi connectivity index (χ3v) is 3.61. The Morgan fingerprint density at radius 1 is 1.25 bits per heavy atom. The van der Waals surface area contributed by atoms with Gasteiger partial charge in [-0.3, -0.25) is 4.90 Å². The number of phenolic OH excluding ortho intramolecular Hbond substituents is 1. The molecule has 1 atom stereocenters. The van der Waals surface area contributed by atoms with Crippen molar-refractivity contribution in [2.75, 3.05) is 26.2 Å². The number of aromatic hydroxyl groups is 1. The molecule has 1 aliphatic heterocycles. The van der Waals surface area contributed by atoms with Crippen LogP contribution in [0.4, 0.5) is 4.39 Å². The Bertz CT molecular complexity index is 565. The van der Waals surface area contributed by atoms with Crippen LogP contribution in [-0.4, -0.2) is 36.2 Å². The van der Waals surface area contributed by atoms with E-state index in [0.29, 0.717) is 5.56 Å². The van der Waals surface area contributed by atoms with Gasteiger partial charge in [-0.2, -0.15) is 0 Å². The molecule has 1 fully saturated rings. The van der Waals surface area contributed by atoms with E-state index in [-0.39, 0.29) is 11.8 Å². The van der Waals surface area contributed by atoms with Gasteiger partial charge in [0.2, 0.25) is 0 Å². The van der Waals surface area contributed by atoms with Crippen molar-refractivity contribution in [3.05, 3.63) is 53.7 Å². The largest absolute Gasteiger partial charge is 0.508 e. The Kier molecular flexibility index (Phi) is 3.71. The lowest BCUT2D eigenvalue weighted by molar-refractivity contribution is 0.177. The van der Waals surface area contributed by atoms with E-state index in [1.807, 2.05) is 12.1 Å². The first kappa shape index (κ1) is 13.1. The molecule has 0 spiro atoms. The van der Waals surface area contributed by atoms with Gasteiger partial charge >= 0.3 is 0 Å². The summed E-state index contributed by atoms with van der Waals surface area (Å²) in [7, 11) is 0. The Hall–Kier alpha value is -1.85. The summed E-state index contributed by atoms with van der Waals surface area (Å²) in [4.78, 5) is 2.19. The van der Waals surface area contributed by atoms with Crippen molar-refractivity contribution in [2.45, 2.75) is 6.04 Å². The molecule has 0 bridgehead atoms. The number of furan rings is 1. The minimum Gasteiger partial charge on any atom is -0.508 e. The summed E-state index contributed by atoms with van der Waals surface area (Å²) in [5.41, 5.74) is 0.527. The van der Waals surface area contributed by atoms with Gasteiger partial charge in [-0.05, 0) is 18.2 Å². The van der Waals surface area contributed by atoms with E-state index in [0.717, 1.165) is 38.0 Å². The maximum Gasteiger partial charge on any atom is 0.132 e. The van der Waals surface area contributed by atoms with Crippen LogP contribution in [0.15, 0.2) is 41.0 Å². The molecule has 0 amide bonds. The molecule has 4 nitrogen and oxygen atoms in total. The molecule has 1 aliphatic rings. The quantitative estimate of drug-likeness (QED) is 0.901. The lowest BCUT2D eigenvalue weighted by atomic mass is 10.0. The Balaban J connectivity index is 2.00. The summed E-state index contributed by atoms with van der Waals surface area (Å²) in [6.07, 6.45) is 1.60. The average molecular weight is 276 g/mol. The first-order valence-corrected chi connectivity index (χ1v) is 6.72. The Labute approximate surface area is 116 Å². The van der Waals surface area contributed by atoms with E-state index in [1.54, 1.807) is 12.3 Å². The normalized spacial score (nSPS) is 18.1. The maximum atomic E-state index is 14.2. The first-order valence-electron chi connectivity index (χ1n) is 6.72. The van der Waals surface area contributed by atoms with Gasteiger partial charge in [0.25, 0.3) is 0 Å². The summed E-state index contributed by atoms with van der Waals surface area (Å²) in [6.45, 7) is 3.39. The molecule has 1 aromatic heterocycles. The predicted octanol–water partition coefficient (Wildman–Crippen LogP) is 2.12. The second kappa shape index (κ2) is 5.64. The highest BCUT2D eigenvalue weighted by atomic mass is 19.1. The monoisotopic (exact) mass is 276 g/mol. The second-order valence-corrected chi connectivity index (χ2v) is 4.91. The van der Waals surface area contributed by atoms with Crippen LogP contribution < -0.4 is 5.32 Å². The van der Waals surface area contributed by atoms with Crippen LogP contribution in [0.25, 0.3) is 0 Å². The van der Waals surface area contributed by atoms with Crippen LogP contribution in [0.3, 0.4) is 0 Å². The van der Waals surface area contributed by atoms with Crippen molar-refractivity contribution in [1.29, 1.82) is 0 Å². The number of halogens is 1. The minimum atomic E-state index is -0.412. The van der Waals surface area contributed by atoms with Gasteiger partial charge in [0, 0.05) is 37.8 Å². The average Bonchev–Trinajstić information content (AvgIpc) is 2.97. The summed E-state index contributed by atoms with van der Waals surface area (Å²) in [6, 6.07) is 7.69. The van der Waals surface area contributed by atoms with E-state index in [9.17, 15) is 9.50 Å². The van der Waals surface area contributed by atoms with Crippen LogP contribution in [0.5, 0.6) is 5.75 Å². The van der Waals surface area contributed by atoms with E-state index < -0.39 is 5.82 Å². The molecule has 0 aliphatic carbocycles. The fourth-order valence-electron chi connectivity index (χ4n) is 2.65. The highest BCUT2D eigenvalue weighted by Gasteiger charge is 2.28. The number of nitrogens with zero attached hydrogens (tertiary/aromatic N) is 1. The molecular weight excluding hydrogens is 259 g/mol. The van der Waals surface area contributed by atoms with Crippen LogP contribution in [0, 0.1) is 5.82 Å². The Morgan fingerprint density at radius 2 is 2.05 bits per heavy atom.